The molecule has 0 aliphatic rings. The number of hydrogen-bond acceptors (Lipinski definition) is 3. The highest BCUT2D eigenvalue weighted by Crippen LogP contribution is 2.20. The van der Waals surface area contributed by atoms with E-state index in [2.05, 4.69) is 15.5 Å². The van der Waals surface area contributed by atoms with Crippen LogP contribution in [0.3, 0.4) is 0 Å². The molecule has 5 nitrogen and oxygen atoms in total. The quantitative estimate of drug-likeness (QED) is 0.801. The van der Waals surface area contributed by atoms with Crippen LogP contribution < -0.4 is 5.43 Å². The van der Waals surface area contributed by atoms with Crippen LogP contribution in [0.15, 0.2) is 61.1 Å². The molecule has 3 aromatic rings. The van der Waals surface area contributed by atoms with Gasteiger partial charge in [-0.1, -0.05) is 30.3 Å². The molecule has 21 heavy (non-hydrogen) atoms. The van der Waals surface area contributed by atoms with Gasteiger partial charge in [-0.15, -0.1) is 0 Å². The lowest BCUT2D eigenvalue weighted by molar-refractivity contribution is 0.100. The van der Waals surface area contributed by atoms with Crippen LogP contribution in [0.1, 0.15) is 15.9 Å². The van der Waals surface area contributed by atoms with Crippen molar-refractivity contribution in [1.29, 1.82) is 0 Å². The van der Waals surface area contributed by atoms with Crippen LogP contribution in [-0.4, -0.2) is 20.8 Å². The Hall–Kier alpha value is -2.95. The molecule has 0 saturated carbocycles. The summed E-state index contributed by atoms with van der Waals surface area (Å²) in [6.45, 7) is 1.96. The smallest absolute Gasteiger partial charge is 0.267 e. The summed E-state index contributed by atoms with van der Waals surface area (Å²) in [6.07, 6.45) is 4.93. The van der Waals surface area contributed by atoms with E-state index in [1.54, 1.807) is 24.5 Å². The minimum Gasteiger partial charge on any atom is -0.267 e. The van der Waals surface area contributed by atoms with Gasteiger partial charge >= 0.3 is 0 Å². The number of pyridine rings is 1. The Morgan fingerprint density at radius 2 is 1.95 bits per heavy atom. The molecule has 5 heteroatoms. The molecule has 0 radical (unpaired) electrons. The van der Waals surface area contributed by atoms with Crippen molar-refractivity contribution in [2.75, 3.05) is 5.43 Å². The number of benzene rings is 1. The lowest BCUT2D eigenvalue weighted by atomic mass is 10.1. The number of carbonyl (C=O) groups excluding carboxylic acids is 1. The van der Waals surface area contributed by atoms with Gasteiger partial charge in [0.05, 0.1) is 17.5 Å². The first-order chi connectivity index (χ1) is 10.2. The SMILES string of the molecule is Cc1cn(NC(=O)c2cccnc2)nc1-c1ccccc1. The summed E-state index contributed by atoms with van der Waals surface area (Å²) in [5, 5.41) is 4.41. The number of aryl methyl sites for hydroxylation is 1. The summed E-state index contributed by atoms with van der Waals surface area (Å²) < 4.78 is 0. The van der Waals surface area contributed by atoms with Gasteiger partial charge in [0, 0.05) is 18.0 Å². The number of rotatable bonds is 3. The van der Waals surface area contributed by atoms with Crippen molar-refractivity contribution in [3.05, 3.63) is 72.2 Å². The van der Waals surface area contributed by atoms with Crippen LogP contribution in [0.4, 0.5) is 0 Å². The van der Waals surface area contributed by atoms with Gasteiger partial charge in [0.15, 0.2) is 0 Å². The van der Waals surface area contributed by atoms with Crippen molar-refractivity contribution < 1.29 is 4.79 Å². The summed E-state index contributed by atoms with van der Waals surface area (Å²) in [4.78, 5) is 17.4. The molecule has 0 atom stereocenters. The van der Waals surface area contributed by atoms with Gasteiger partial charge in [0.2, 0.25) is 0 Å². The van der Waals surface area contributed by atoms with Crippen molar-refractivity contribution in [2.24, 2.45) is 0 Å². The first kappa shape index (κ1) is 13.1. The Kier molecular flexibility index (Phi) is 3.47. The maximum atomic E-state index is 12.1. The molecule has 0 spiro atoms. The summed E-state index contributed by atoms with van der Waals surface area (Å²) in [5.74, 6) is -0.245. The van der Waals surface area contributed by atoms with E-state index in [0.29, 0.717) is 5.56 Å². The highest BCUT2D eigenvalue weighted by molar-refractivity contribution is 5.99. The summed E-state index contributed by atoms with van der Waals surface area (Å²) in [6, 6.07) is 13.3. The lowest BCUT2D eigenvalue weighted by Gasteiger charge is -2.04. The molecule has 0 unspecified atom stereocenters. The Morgan fingerprint density at radius 1 is 1.14 bits per heavy atom. The average Bonchev–Trinajstić information content (AvgIpc) is 2.89. The van der Waals surface area contributed by atoms with Gasteiger partial charge in [-0.05, 0) is 24.6 Å². The Morgan fingerprint density at radius 3 is 2.67 bits per heavy atom. The van der Waals surface area contributed by atoms with E-state index in [1.165, 1.54) is 11.0 Å². The first-order valence-electron chi connectivity index (χ1n) is 6.57. The van der Waals surface area contributed by atoms with E-state index < -0.39 is 0 Å². The molecular weight excluding hydrogens is 264 g/mol. The Bertz CT molecular complexity index is 750. The molecule has 3 rings (SSSR count). The molecule has 2 heterocycles. The monoisotopic (exact) mass is 278 g/mol. The van der Waals surface area contributed by atoms with Crippen LogP contribution in [0.2, 0.25) is 0 Å². The highest BCUT2D eigenvalue weighted by Gasteiger charge is 2.10. The van der Waals surface area contributed by atoms with Crippen molar-refractivity contribution in [1.82, 2.24) is 14.9 Å². The first-order valence-corrected chi connectivity index (χ1v) is 6.57. The molecule has 2 aromatic heterocycles. The molecule has 1 amide bonds. The minimum absolute atomic E-state index is 0.245. The van der Waals surface area contributed by atoms with Crippen molar-refractivity contribution in [3.8, 4) is 11.3 Å². The van der Waals surface area contributed by atoms with Gasteiger partial charge < -0.3 is 0 Å². The fraction of sp³-hybridized carbons (Fsp3) is 0.0625. The van der Waals surface area contributed by atoms with E-state index in [-0.39, 0.29) is 5.91 Å². The molecule has 0 aliphatic heterocycles. The average molecular weight is 278 g/mol. The highest BCUT2D eigenvalue weighted by atomic mass is 16.2. The second kappa shape index (κ2) is 5.58. The molecule has 0 fully saturated rings. The van der Waals surface area contributed by atoms with Gasteiger partial charge in [0.1, 0.15) is 0 Å². The predicted octanol–water partition coefficient (Wildman–Crippen LogP) is 2.64. The summed E-state index contributed by atoms with van der Waals surface area (Å²) in [5.41, 5.74) is 6.07. The number of amides is 1. The zero-order chi connectivity index (χ0) is 14.7. The van der Waals surface area contributed by atoms with E-state index in [9.17, 15) is 4.79 Å². The number of nitrogens with zero attached hydrogens (tertiary/aromatic N) is 3. The Balaban J connectivity index is 1.84. The van der Waals surface area contributed by atoms with Crippen LogP contribution >= 0.6 is 0 Å². The van der Waals surface area contributed by atoms with E-state index in [4.69, 9.17) is 0 Å². The Labute approximate surface area is 122 Å². The van der Waals surface area contributed by atoms with Gasteiger partial charge in [-0.2, -0.15) is 9.89 Å². The minimum atomic E-state index is -0.245. The predicted molar refractivity (Wildman–Crippen MR) is 80.3 cm³/mol. The molecule has 1 aromatic carbocycles. The number of nitrogens with one attached hydrogen (secondary N) is 1. The molecule has 104 valence electrons. The van der Waals surface area contributed by atoms with Gasteiger partial charge in [-0.3, -0.25) is 9.78 Å². The normalized spacial score (nSPS) is 10.3. The molecule has 1 N–H and O–H groups in total. The third-order valence-corrected chi connectivity index (χ3v) is 3.08. The van der Waals surface area contributed by atoms with Crippen LogP contribution in [0, 0.1) is 6.92 Å². The van der Waals surface area contributed by atoms with Crippen LogP contribution in [0.25, 0.3) is 11.3 Å². The zero-order valence-corrected chi connectivity index (χ0v) is 11.5. The second-order valence-corrected chi connectivity index (χ2v) is 4.65. The summed E-state index contributed by atoms with van der Waals surface area (Å²) in [7, 11) is 0. The van der Waals surface area contributed by atoms with E-state index >= 15 is 0 Å². The molecular formula is C16H14N4O. The molecule has 0 bridgehead atoms. The third kappa shape index (κ3) is 2.81. The standard InChI is InChI=1S/C16H14N4O/c1-12-11-20(18-15(12)13-6-3-2-4-7-13)19-16(21)14-8-5-9-17-10-14/h2-11H,1H3,(H,19,21). The summed E-state index contributed by atoms with van der Waals surface area (Å²) >= 11 is 0. The van der Waals surface area contributed by atoms with Crippen molar-refractivity contribution in [2.45, 2.75) is 6.92 Å². The second-order valence-electron chi connectivity index (χ2n) is 4.65. The third-order valence-electron chi connectivity index (χ3n) is 3.08. The topological polar surface area (TPSA) is 59.8 Å². The van der Waals surface area contributed by atoms with E-state index in [1.807, 2.05) is 37.3 Å². The van der Waals surface area contributed by atoms with E-state index in [0.717, 1.165) is 16.8 Å². The maximum Gasteiger partial charge on any atom is 0.272 e. The molecule has 0 saturated heterocycles. The van der Waals surface area contributed by atoms with Crippen molar-refractivity contribution in [3.63, 3.8) is 0 Å². The van der Waals surface area contributed by atoms with Crippen LogP contribution in [0.5, 0.6) is 0 Å². The largest absolute Gasteiger partial charge is 0.272 e. The van der Waals surface area contributed by atoms with Gasteiger partial charge in [-0.25, -0.2) is 5.43 Å². The lowest BCUT2D eigenvalue weighted by Crippen LogP contribution is -2.23. The fourth-order valence-electron chi connectivity index (χ4n) is 2.06. The van der Waals surface area contributed by atoms with Gasteiger partial charge in [0.25, 0.3) is 5.91 Å². The zero-order valence-electron chi connectivity index (χ0n) is 11.5. The maximum absolute atomic E-state index is 12.1. The number of aromatic nitrogens is 3. The van der Waals surface area contributed by atoms with Crippen molar-refractivity contribution >= 4 is 5.91 Å². The number of hydrogen-bond donors (Lipinski definition) is 1. The fourth-order valence-corrected chi connectivity index (χ4v) is 2.06. The molecule has 0 aliphatic carbocycles. The van der Waals surface area contributed by atoms with Crippen LogP contribution in [-0.2, 0) is 0 Å². The number of carbonyl (C=O) groups is 1.